The maximum absolute atomic E-state index is 12.9. The Morgan fingerprint density at radius 1 is 0.903 bits per heavy atom. The highest BCUT2D eigenvalue weighted by Crippen LogP contribution is 2.25. The zero-order chi connectivity index (χ0) is 22.0. The fourth-order valence-electron chi connectivity index (χ4n) is 3.99. The van der Waals surface area contributed by atoms with Crippen LogP contribution < -0.4 is 4.90 Å². The summed E-state index contributed by atoms with van der Waals surface area (Å²) in [7, 11) is 0. The van der Waals surface area contributed by atoms with E-state index in [0.29, 0.717) is 13.1 Å². The quantitative estimate of drug-likeness (QED) is 0.544. The molecule has 6 heteroatoms. The fraction of sp³-hybridized carbons (Fsp3) is 0.320. The second-order valence-corrected chi connectivity index (χ2v) is 9.02. The third-order valence-electron chi connectivity index (χ3n) is 5.76. The predicted molar refractivity (Wildman–Crippen MR) is 128 cm³/mol. The number of carbonyl (C=O) groups is 1. The van der Waals surface area contributed by atoms with Crippen LogP contribution in [0, 0.1) is 20.8 Å². The second kappa shape index (κ2) is 9.18. The standard InChI is InChI=1S/C25H27BrN4O/c1-17-4-6-20(7-5-17)16-23-18(2)27-19(3)28-24(23)29-12-14-30(15-13-29)25(31)21-8-10-22(26)11-9-21/h4-11H,12-16H2,1-3H3. The van der Waals surface area contributed by atoms with Crippen molar-refractivity contribution in [3.63, 3.8) is 0 Å². The molecule has 5 nitrogen and oxygen atoms in total. The van der Waals surface area contributed by atoms with E-state index < -0.39 is 0 Å². The van der Waals surface area contributed by atoms with E-state index in [2.05, 4.69) is 63.9 Å². The molecule has 3 aromatic rings. The van der Waals surface area contributed by atoms with Crippen molar-refractivity contribution in [3.05, 3.63) is 86.8 Å². The van der Waals surface area contributed by atoms with Gasteiger partial charge in [-0.2, -0.15) is 0 Å². The molecule has 0 spiro atoms. The molecule has 2 heterocycles. The van der Waals surface area contributed by atoms with Crippen LogP contribution in [0.5, 0.6) is 0 Å². The van der Waals surface area contributed by atoms with Gasteiger partial charge in [-0.05, 0) is 50.6 Å². The van der Waals surface area contributed by atoms with Gasteiger partial charge in [-0.3, -0.25) is 4.79 Å². The van der Waals surface area contributed by atoms with Gasteiger partial charge in [-0.1, -0.05) is 45.8 Å². The first-order chi connectivity index (χ1) is 14.9. The monoisotopic (exact) mass is 478 g/mol. The molecule has 1 aromatic heterocycles. The summed E-state index contributed by atoms with van der Waals surface area (Å²) >= 11 is 3.43. The molecule has 4 rings (SSSR count). The van der Waals surface area contributed by atoms with Crippen molar-refractivity contribution in [3.8, 4) is 0 Å². The van der Waals surface area contributed by atoms with Crippen LogP contribution in [0.15, 0.2) is 53.0 Å². The van der Waals surface area contributed by atoms with Crippen LogP contribution in [0.1, 0.15) is 38.6 Å². The summed E-state index contributed by atoms with van der Waals surface area (Å²) < 4.78 is 0.976. The predicted octanol–water partition coefficient (Wildman–Crippen LogP) is 4.72. The van der Waals surface area contributed by atoms with Crippen LogP contribution >= 0.6 is 15.9 Å². The highest BCUT2D eigenvalue weighted by atomic mass is 79.9. The first kappa shape index (κ1) is 21.5. The minimum Gasteiger partial charge on any atom is -0.353 e. The number of carbonyl (C=O) groups excluding carboxylic acids is 1. The van der Waals surface area contributed by atoms with Gasteiger partial charge in [0.25, 0.3) is 5.91 Å². The number of aromatic nitrogens is 2. The number of nitrogens with zero attached hydrogens (tertiary/aromatic N) is 4. The summed E-state index contributed by atoms with van der Waals surface area (Å²) in [6.07, 6.45) is 0.805. The van der Waals surface area contributed by atoms with E-state index in [1.807, 2.05) is 36.1 Å². The molecule has 0 atom stereocenters. The number of aryl methyl sites for hydroxylation is 3. The maximum Gasteiger partial charge on any atom is 0.253 e. The lowest BCUT2D eigenvalue weighted by atomic mass is 10.0. The van der Waals surface area contributed by atoms with Crippen molar-refractivity contribution in [2.75, 3.05) is 31.1 Å². The average molecular weight is 479 g/mol. The Morgan fingerprint density at radius 3 is 2.19 bits per heavy atom. The van der Waals surface area contributed by atoms with Crippen molar-refractivity contribution >= 4 is 27.7 Å². The number of anilines is 1. The topological polar surface area (TPSA) is 49.3 Å². The van der Waals surface area contributed by atoms with E-state index in [0.717, 1.165) is 46.9 Å². The molecule has 2 aromatic carbocycles. The summed E-state index contributed by atoms with van der Waals surface area (Å²) in [5.74, 6) is 1.87. The third kappa shape index (κ3) is 4.96. The maximum atomic E-state index is 12.9. The molecular weight excluding hydrogens is 452 g/mol. The van der Waals surface area contributed by atoms with Crippen molar-refractivity contribution in [1.82, 2.24) is 14.9 Å². The number of amides is 1. The molecule has 1 amide bonds. The first-order valence-electron chi connectivity index (χ1n) is 10.6. The molecule has 31 heavy (non-hydrogen) atoms. The van der Waals surface area contributed by atoms with Crippen LogP contribution in [0.4, 0.5) is 5.82 Å². The van der Waals surface area contributed by atoms with Crippen LogP contribution in [0.3, 0.4) is 0 Å². The van der Waals surface area contributed by atoms with Gasteiger partial charge in [0.05, 0.1) is 0 Å². The Bertz CT molecular complexity index is 1070. The highest BCUT2D eigenvalue weighted by Gasteiger charge is 2.25. The zero-order valence-corrected chi connectivity index (χ0v) is 19.8. The number of benzene rings is 2. The molecule has 1 fully saturated rings. The molecule has 0 radical (unpaired) electrons. The summed E-state index contributed by atoms with van der Waals surface area (Å²) in [6.45, 7) is 9.00. The molecule has 0 unspecified atom stereocenters. The van der Waals surface area contributed by atoms with Crippen molar-refractivity contribution in [1.29, 1.82) is 0 Å². The van der Waals surface area contributed by atoms with E-state index in [-0.39, 0.29) is 5.91 Å². The molecule has 1 aliphatic heterocycles. The van der Waals surface area contributed by atoms with Crippen LogP contribution in [0.2, 0.25) is 0 Å². The minimum atomic E-state index is 0.0853. The Morgan fingerprint density at radius 2 is 1.55 bits per heavy atom. The fourth-order valence-corrected chi connectivity index (χ4v) is 4.26. The van der Waals surface area contributed by atoms with Crippen molar-refractivity contribution in [2.24, 2.45) is 0 Å². The number of hydrogen-bond donors (Lipinski definition) is 0. The molecule has 0 saturated carbocycles. The minimum absolute atomic E-state index is 0.0853. The summed E-state index contributed by atoms with van der Waals surface area (Å²) in [6, 6.07) is 16.2. The van der Waals surface area contributed by atoms with Crippen molar-refractivity contribution < 1.29 is 4.79 Å². The Kier molecular flexibility index (Phi) is 6.37. The van der Waals surface area contributed by atoms with Gasteiger partial charge in [0.2, 0.25) is 0 Å². The Labute approximate surface area is 192 Å². The van der Waals surface area contributed by atoms with Crippen LogP contribution in [-0.2, 0) is 6.42 Å². The van der Waals surface area contributed by atoms with E-state index >= 15 is 0 Å². The lowest BCUT2D eigenvalue weighted by molar-refractivity contribution is 0.0746. The third-order valence-corrected chi connectivity index (χ3v) is 6.29. The SMILES string of the molecule is Cc1ccc(Cc2c(C)nc(C)nc2N2CCN(C(=O)c3ccc(Br)cc3)CC2)cc1. The molecule has 0 aliphatic carbocycles. The number of hydrogen-bond acceptors (Lipinski definition) is 4. The second-order valence-electron chi connectivity index (χ2n) is 8.11. The number of piperazine rings is 1. The highest BCUT2D eigenvalue weighted by molar-refractivity contribution is 9.10. The summed E-state index contributed by atoms with van der Waals surface area (Å²) in [5.41, 5.74) is 5.43. The average Bonchev–Trinajstić information content (AvgIpc) is 2.77. The van der Waals surface area contributed by atoms with Crippen molar-refractivity contribution in [2.45, 2.75) is 27.2 Å². The van der Waals surface area contributed by atoms with Gasteiger partial charge in [0.15, 0.2) is 0 Å². The van der Waals surface area contributed by atoms with E-state index in [1.165, 1.54) is 16.7 Å². The zero-order valence-electron chi connectivity index (χ0n) is 18.2. The molecule has 0 bridgehead atoms. The molecule has 160 valence electrons. The van der Waals surface area contributed by atoms with Gasteiger partial charge >= 0.3 is 0 Å². The molecule has 1 aliphatic rings. The normalized spacial score (nSPS) is 14.1. The Balaban J connectivity index is 1.51. The van der Waals surface area contributed by atoms with Crippen LogP contribution in [0.25, 0.3) is 0 Å². The number of rotatable bonds is 4. The lowest BCUT2D eigenvalue weighted by Gasteiger charge is -2.36. The van der Waals surface area contributed by atoms with Gasteiger partial charge in [0.1, 0.15) is 11.6 Å². The largest absolute Gasteiger partial charge is 0.353 e. The molecule has 0 N–H and O–H groups in total. The van der Waals surface area contributed by atoms with Gasteiger partial charge in [0, 0.05) is 53.9 Å². The van der Waals surface area contributed by atoms with E-state index in [1.54, 1.807) is 0 Å². The lowest BCUT2D eigenvalue weighted by Crippen LogP contribution is -2.49. The molecular formula is C25H27BrN4O. The van der Waals surface area contributed by atoms with E-state index in [9.17, 15) is 4.79 Å². The van der Waals surface area contributed by atoms with Gasteiger partial charge in [-0.25, -0.2) is 9.97 Å². The van der Waals surface area contributed by atoms with Gasteiger partial charge in [-0.15, -0.1) is 0 Å². The summed E-state index contributed by atoms with van der Waals surface area (Å²) in [4.78, 5) is 26.5. The number of halogens is 1. The first-order valence-corrected chi connectivity index (χ1v) is 11.4. The smallest absolute Gasteiger partial charge is 0.253 e. The summed E-state index contributed by atoms with van der Waals surface area (Å²) in [5, 5.41) is 0. The van der Waals surface area contributed by atoms with E-state index in [4.69, 9.17) is 4.98 Å². The molecule has 1 saturated heterocycles. The Hall–Kier alpha value is -2.73. The van der Waals surface area contributed by atoms with Gasteiger partial charge < -0.3 is 9.80 Å². The van der Waals surface area contributed by atoms with Crippen LogP contribution in [-0.4, -0.2) is 47.0 Å².